The summed E-state index contributed by atoms with van der Waals surface area (Å²) in [4.78, 5) is 47.9. The average molecular weight is 514 g/mol. The van der Waals surface area contributed by atoms with Crippen LogP contribution in [-0.4, -0.2) is 45.9 Å². The molecule has 3 amide bonds. The molecule has 0 saturated carbocycles. The Balaban J connectivity index is 1.17. The smallest absolute Gasteiger partial charge is 0.272 e. The lowest BCUT2D eigenvalue weighted by atomic mass is 10.1. The summed E-state index contributed by atoms with van der Waals surface area (Å²) in [7, 11) is 0. The topological polar surface area (TPSA) is 159 Å². The fraction of sp³-hybridized carbons (Fsp3) is 0.192. The van der Waals surface area contributed by atoms with Gasteiger partial charge in [-0.05, 0) is 42.3 Å². The van der Waals surface area contributed by atoms with Crippen LogP contribution >= 0.6 is 0 Å². The quantitative estimate of drug-likeness (QED) is 0.263. The van der Waals surface area contributed by atoms with Gasteiger partial charge in [-0.3, -0.25) is 14.4 Å². The second kappa shape index (κ2) is 9.39. The van der Waals surface area contributed by atoms with Crippen molar-refractivity contribution in [3.8, 4) is 11.5 Å². The molecule has 2 aromatic heterocycles. The highest BCUT2D eigenvalue weighted by molar-refractivity contribution is 6.05. The number of aromatic amines is 1. The van der Waals surface area contributed by atoms with Crippen molar-refractivity contribution in [1.29, 1.82) is 0 Å². The summed E-state index contributed by atoms with van der Waals surface area (Å²) < 4.78 is 10.8. The summed E-state index contributed by atoms with van der Waals surface area (Å²) >= 11 is 0. The normalized spacial score (nSPS) is 14.8. The van der Waals surface area contributed by atoms with Gasteiger partial charge in [0.05, 0.1) is 22.6 Å². The van der Waals surface area contributed by atoms with Crippen LogP contribution in [0.25, 0.3) is 11.0 Å². The van der Waals surface area contributed by atoms with E-state index in [1.165, 1.54) is 6.33 Å². The van der Waals surface area contributed by atoms with Gasteiger partial charge in [0.15, 0.2) is 18.9 Å². The Kier molecular flexibility index (Phi) is 5.75. The monoisotopic (exact) mass is 513 g/mol. The molecular weight excluding hydrogens is 490 g/mol. The third-order valence-corrected chi connectivity index (χ3v) is 6.32. The molecule has 0 saturated heterocycles. The van der Waals surface area contributed by atoms with Gasteiger partial charge < -0.3 is 35.7 Å². The van der Waals surface area contributed by atoms with Crippen molar-refractivity contribution in [3.05, 3.63) is 65.7 Å². The molecule has 0 bridgehead atoms. The second-order valence-electron chi connectivity index (χ2n) is 8.96. The first-order valence-corrected chi connectivity index (χ1v) is 11.9. The fourth-order valence-electron chi connectivity index (χ4n) is 4.41. The zero-order valence-electron chi connectivity index (χ0n) is 20.3. The number of fused-ring (bicyclic) bond motifs is 3. The van der Waals surface area contributed by atoms with Crippen molar-refractivity contribution in [2.45, 2.75) is 19.5 Å². The molecule has 12 nitrogen and oxygen atoms in total. The maximum atomic E-state index is 13.0. The molecule has 4 heterocycles. The molecule has 1 unspecified atom stereocenters. The minimum Gasteiger partial charge on any atom is -0.482 e. The molecule has 1 atom stereocenters. The zero-order valence-corrected chi connectivity index (χ0v) is 20.3. The van der Waals surface area contributed by atoms with Crippen molar-refractivity contribution < 1.29 is 23.9 Å². The second-order valence-corrected chi connectivity index (χ2v) is 8.96. The van der Waals surface area contributed by atoms with E-state index in [-0.39, 0.29) is 49.2 Å². The Hall–Kier alpha value is -5.13. The molecular formula is C26H23N7O5. The number of hydrogen-bond donors (Lipinski definition) is 5. The largest absolute Gasteiger partial charge is 0.482 e. The highest BCUT2D eigenvalue weighted by Gasteiger charge is 2.21. The van der Waals surface area contributed by atoms with Crippen LogP contribution in [0.4, 0.5) is 17.1 Å². The Morgan fingerprint density at radius 1 is 1.00 bits per heavy atom. The van der Waals surface area contributed by atoms with Crippen molar-refractivity contribution in [2.75, 3.05) is 29.2 Å². The highest BCUT2D eigenvalue weighted by atomic mass is 16.5. The predicted molar refractivity (Wildman–Crippen MR) is 138 cm³/mol. The van der Waals surface area contributed by atoms with Gasteiger partial charge in [0.1, 0.15) is 23.3 Å². The van der Waals surface area contributed by atoms with Crippen LogP contribution < -0.4 is 30.7 Å². The van der Waals surface area contributed by atoms with Crippen LogP contribution in [0.15, 0.2) is 48.9 Å². The van der Waals surface area contributed by atoms with Crippen LogP contribution in [-0.2, 0) is 16.1 Å². The number of hydrogen-bond acceptors (Lipinski definition) is 8. The van der Waals surface area contributed by atoms with Gasteiger partial charge in [0, 0.05) is 18.8 Å². The summed E-state index contributed by atoms with van der Waals surface area (Å²) in [6, 6.07) is 10.8. The average Bonchev–Trinajstić information content (AvgIpc) is 3.33. The molecule has 6 rings (SSSR count). The molecule has 12 heteroatoms. The van der Waals surface area contributed by atoms with E-state index in [1.807, 2.05) is 31.2 Å². The number of nitrogens with one attached hydrogen (secondary N) is 5. The maximum absolute atomic E-state index is 13.0. The molecule has 2 aliphatic heterocycles. The molecule has 38 heavy (non-hydrogen) atoms. The SMILES string of the molecule is CC(Nc1c[nH]c2c(C(=O)NCc3ccc4c(c3)NC(=O)CO4)ncnc12)c1ccc2c(c1)NC(=O)CO2. The third kappa shape index (κ3) is 4.43. The molecule has 4 aromatic rings. The number of rotatable bonds is 6. The van der Waals surface area contributed by atoms with Gasteiger partial charge in [0.25, 0.3) is 17.7 Å². The van der Waals surface area contributed by atoms with Gasteiger partial charge in [-0.1, -0.05) is 12.1 Å². The van der Waals surface area contributed by atoms with Crippen LogP contribution in [0.3, 0.4) is 0 Å². The molecule has 5 N–H and O–H groups in total. The Bertz CT molecular complexity index is 1600. The summed E-state index contributed by atoms with van der Waals surface area (Å²) in [5.74, 6) is 0.430. The number of H-pyrrole nitrogens is 1. The minimum atomic E-state index is -0.373. The van der Waals surface area contributed by atoms with Crippen molar-refractivity contribution in [1.82, 2.24) is 20.3 Å². The van der Waals surface area contributed by atoms with E-state index in [4.69, 9.17) is 9.47 Å². The Labute approximate surface area is 216 Å². The minimum absolute atomic E-state index is 0.00555. The van der Waals surface area contributed by atoms with Crippen LogP contribution in [0.2, 0.25) is 0 Å². The highest BCUT2D eigenvalue weighted by Crippen LogP contribution is 2.33. The summed E-state index contributed by atoms with van der Waals surface area (Å²) in [6.45, 7) is 2.20. The van der Waals surface area contributed by atoms with Crippen LogP contribution in [0.5, 0.6) is 11.5 Å². The van der Waals surface area contributed by atoms with E-state index in [9.17, 15) is 14.4 Å². The number of nitrogens with zero attached hydrogens (tertiary/aromatic N) is 2. The number of carbonyl (C=O) groups excluding carboxylic acids is 3. The fourth-order valence-corrected chi connectivity index (χ4v) is 4.41. The number of ether oxygens (including phenoxy) is 2. The van der Waals surface area contributed by atoms with Gasteiger partial charge in [-0.2, -0.15) is 0 Å². The van der Waals surface area contributed by atoms with E-state index in [2.05, 4.69) is 36.2 Å². The van der Waals surface area contributed by atoms with E-state index in [0.717, 1.165) is 11.1 Å². The number of amides is 3. The lowest BCUT2D eigenvalue weighted by molar-refractivity contribution is -0.119. The van der Waals surface area contributed by atoms with Crippen molar-refractivity contribution in [3.63, 3.8) is 0 Å². The number of anilines is 3. The van der Waals surface area contributed by atoms with E-state index < -0.39 is 0 Å². The van der Waals surface area contributed by atoms with Crippen LogP contribution in [0, 0.1) is 0 Å². The summed E-state index contributed by atoms with van der Waals surface area (Å²) in [6.07, 6.45) is 3.08. The van der Waals surface area contributed by atoms with Crippen molar-refractivity contribution >= 4 is 45.8 Å². The molecule has 0 radical (unpaired) electrons. The maximum Gasteiger partial charge on any atom is 0.272 e. The number of benzene rings is 2. The molecule has 192 valence electrons. The van der Waals surface area contributed by atoms with Crippen molar-refractivity contribution in [2.24, 2.45) is 0 Å². The Morgan fingerprint density at radius 2 is 1.71 bits per heavy atom. The van der Waals surface area contributed by atoms with Gasteiger partial charge >= 0.3 is 0 Å². The molecule has 0 aliphatic carbocycles. The standard InChI is InChI=1S/C26H23N7O5/c1-13(15-3-5-20-17(7-15)33-22(35)11-38-20)31-18-9-27-24-23(18)29-12-30-25(24)26(36)28-8-14-2-4-19-16(6-14)32-21(34)10-37-19/h2-7,9,12-13,27,31H,8,10-11H2,1H3,(H,28,36)(H,32,34)(H,33,35). The first-order valence-electron chi connectivity index (χ1n) is 11.9. The number of carbonyl (C=O) groups is 3. The summed E-state index contributed by atoms with van der Waals surface area (Å²) in [5.41, 5.74) is 4.90. The van der Waals surface area contributed by atoms with Gasteiger partial charge in [-0.25, -0.2) is 9.97 Å². The summed E-state index contributed by atoms with van der Waals surface area (Å²) in [5, 5.41) is 11.8. The zero-order chi connectivity index (χ0) is 26.2. The molecule has 0 fully saturated rings. The van der Waals surface area contributed by atoms with Gasteiger partial charge in [0.2, 0.25) is 0 Å². The lowest BCUT2D eigenvalue weighted by Crippen LogP contribution is -2.26. The number of aromatic nitrogens is 3. The Morgan fingerprint density at radius 3 is 2.47 bits per heavy atom. The van der Waals surface area contributed by atoms with E-state index in [1.54, 1.807) is 18.3 Å². The van der Waals surface area contributed by atoms with E-state index >= 15 is 0 Å². The molecule has 2 aliphatic rings. The first-order chi connectivity index (χ1) is 18.4. The molecule has 2 aromatic carbocycles. The lowest BCUT2D eigenvalue weighted by Gasteiger charge is -2.21. The first kappa shape index (κ1) is 23.3. The van der Waals surface area contributed by atoms with Crippen LogP contribution in [0.1, 0.15) is 34.6 Å². The predicted octanol–water partition coefficient (Wildman–Crippen LogP) is 2.72. The third-order valence-electron chi connectivity index (χ3n) is 6.32. The van der Waals surface area contributed by atoms with Gasteiger partial charge in [-0.15, -0.1) is 0 Å². The van der Waals surface area contributed by atoms with E-state index in [0.29, 0.717) is 39.6 Å². The molecule has 0 spiro atoms.